The molecule has 0 bridgehead atoms. The topological polar surface area (TPSA) is 50.8 Å². The Hall–Kier alpha value is -1.46. The number of piperazine rings is 1. The van der Waals surface area contributed by atoms with Gasteiger partial charge < -0.3 is 19.7 Å². The van der Waals surface area contributed by atoms with Gasteiger partial charge >= 0.3 is 0 Å². The molecule has 2 heterocycles. The van der Waals surface area contributed by atoms with Crippen molar-refractivity contribution in [1.82, 2.24) is 10.2 Å². The fraction of sp³-hybridized carbons (Fsp3) is 0.533. The minimum absolute atomic E-state index is 0. The van der Waals surface area contributed by atoms with Crippen molar-refractivity contribution in [3.05, 3.63) is 23.8 Å². The molecule has 1 N–H and O–H groups in total. The minimum Gasteiger partial charge on any atom is -0.486 e. The highest BCUT2D eigenvalue weighted by atomic mass is 35.5. The number of fused-ring (bicyclic) bond motifs is 1. The van der Waals surface area contributed by atoms with Crippen LogP contribution in [0.25, 0.3) is 0 Å². The van der Waals surface area contributed by atoms with E-state index in [9.17, 15) is 4.79 Å². The van der Waals surface area contributed by atoms with Crippen molar-refractivity contribution in [2.45, 2.75) is 25.9 Å². The molecular formula is C15H21ClN2O3. The van der Waals surface area contributed by atoms with Crippen LogP contribution in [0.4, 0.5) is 0 Å². The van der Waals surface area contributed by atoms with E-state index in [-0.39, 0.29) is 24.4 Å². The lowest BCUT2D eigenvalue weighted by Crippen LogP contribution is -2.57. The minimum atomic E-state index is 0. The van der Waals surface area contributed by atoms with E-state index in [0.29, 0.717) is 30.6 Å². The zero-order chi connectivity index (χ0) is 14.1. The van der Waals surface area contributed by atoms with E-state index >= 15 is 0 Å². The number of amides is 1. The van der Waals surface area contributed by atoms with Gasteiger partial charge in [-0.05, 0) is 32.0 Å². The van der Waals surface area contributed by atoms with E-state index < -0.39 is 0 Å². The Kier molecular flexibility index (Phi) is 4.96. The van der Waals surface area contributed by atoms with Crippen LogP contribution in [-0.4, -0.2) is 49.2 Å². The first-order chi connectivity index (χ1) is 9.66. The summed E-state index contributed by atoms with van der Waals surface area (Å²) in [5.41, 5.74) is 0.662. The quantitative estimate of drug-likeness (QED) is 0.857. The molecule has 0 aromatic heterocycles. The van der Waals surface area contributed by atoms with Crippen molar-refractivity contribution in [3.63, 3.8) is 0 Å². The fourth-order valence-corrected chi connectivity index (χ4v) is 2.69. The Morgan fingerprint density at radius 1 is 1.24 bits per heavy atom. The molecule has 1 saturated heterocycles. The van der Waals surface area contributed by atoms with Gasteiger partial charge in [0, 0.05) is 30.7 Å². The van der Waals surface area contributed by atoms with Crippen LogP contribution in [0.15, 0.2) is 18.2 Å². The number of halogens is 1. The van der Waals surface area contributed by atoms with E-state index in [0.717, 1.165) is 18.8 Å². The van der Waals surface area contributed by atoms with Crippen molar-refractivity contribution in [2.75, 3.05) is 26.3 Å². The zero-order valence-electron chi connectivity index (χ0n) is 12.3. The van der Waals surface area contributed by atoms with Gasteiger partial charge in [0.25, 0.3) is 5.91 Å². The molecule has 21 heavy (non-hydrogen) atoms. The first kappa shape index (κ1) is 15.9. The predicted octanol–water partition coefficient (Wildman–Crippen LogP) is 1.70. The van der Waals surface area contributed by atoms with Crippen LogP contribution >= 0.6 is 12.4 Å². The Morgan fingerprint density at radius 2 is 1.95 bits per heavy atom. The summed E-state index contributed by atoms with van der Waals surface area (Å²) in [6, 6.07) is 5.91. The van der Waals surface area contributed by atoms with Gasteiger partial charge in [-0.3, -0.25) is 4.79 Å². The molecule has 5 nitrogen and oxygen atoms in total. The first-order valence-electron chi connectivity index (χ1n) is 7.11. The van der Waals surface area contributed by atoms with Crippen molar-refractivity contribution in [1.29, 1.82) is 0 Å². The van der Waals surface area contributed by atoms with Crippen LogP contribution in [0.2, 0.25) is 0 Å². The van der Waals surface area contributed by atoms with Gasteiger partial charge in [-0.15, -0.1) is 12.4 Å². The summed E-state index contributed by atoms with van der Waals surface area (Å²) in [4.78, 5) is 14.6. The van der Waals surface area contributed by atoms with Gasteiger partial charge in [0.05, 0.1) is 0 Å². The number of hydrogen-bond acceptors (Lipinski definition) is 4. The fourth-order valence-electron chi connectivity index (χ4n) is 2.69. The summed E-state index contributed by atoms with van der Waals surface area (Å²) in [6.07, 6.45) is 0. The zero-order valence-corrected chi connectivity index (χ0v) is 13.1. The second-order valence-corrected chi connectivity index (χ2v) is 5.34. The molecule has 1 aromatic rings. The van der Waals surface area contributed by atoms with Gasteiger partial charge in [-0.1, -0.05) is 0 Å². The molecule has 1 fully saturated rings. The van der Waals surface area contributed by atoms with Gasteiger partial charge in [-0.2, -0.15) is 0 Å². The highest BCUT2D eigenvalue weighted by Gasteiger charge is 2.29. The Balaban J connectivity index is 0.00000161. The summed E-state index contributed by atoms with van der Waals surface area (Å²) < 4.78 is 11.0. The van der Waals surface area contributed by atoms with E-state index in [2.05, 4.69) is 19.2 Å². The van der Waals surface area contributed by atoms with Crippen LogP contribution in [-0.2, 0) is 0 Å². The van der Waals surface area contributed by atoms with Gasteiger partial charge in [0.1, 0.15) is 13.2 Å². The SMILES string of the molecule is CC1NCCN(C(=O)c2ccc3c(c2)OCCO3)C1C.Cl. The molecule has 2 unspecified atom stereocenters. The molecule has 0 radical (unpaired) electrons. The standard InChI is InChI=1S/C15H20N2O3.ClH/c1-10-11(2)17(6-5-16-10)15(18)12-3-4-13-14(9-12)20-8-7-19-13;/h3-4,9-11,16H,5-8H2,1-2H3;1H. The normalized spacial score (nSPS) is 24.2. The van der Waals surface area contributed by atoms with Crippen molar-refractivity contribution >= 4 is 18.3 Å². The number of rotatable bonds is 1. The Labute approximate surface area is 131 Å². The second kappa shape index (κ2) is 6.54. The largest absolute Gasteiger partial charge is 0.486 e. The number of nitrogens with one attached hydrogen (secondary N) is 1. The molecule has 2 aliphatic heterocycles. The number of hydrogen-bond donors (Lipinski definition) is 1. The molecule has 1 amide bonds. The summed E-state index contributed by atoms with van der Waals surface area (Å²) in [5, 5.41) is 3.38. The average molecular weight is 313 g/mol. The molecule has 3 rings (SSSR count). The lowest BCUT2D eigenvalue weighted by atomic mass is 10.0. The molecule has 2 atom stereocenters. The molecule has 2 aliphatic rings. The van der Waals surface area contributed by atoms with Crippen molar-refractivity contribution < 1.29 is 14.3 Å². The maximum absolute atomic E-state index is 12.6. The summed E-state index contributed by atoms with van der Waals surface area (Å²) in [5.74, 6) is 1.44. The van der Waals surface area contributed by atoms with E-state index in [4.69, 9.17) is 9.47 Å². The third kappa shape index (κ3) is 3.09. The smallest absolute Gasteiger partial charge is 0.254 e. The number of carbonyl (C=O) groups is 1. The molecule has 1 aromatic carbocycles. The predicted molar refractivity (Wildman–Crippen MR) is 82.6 cm³/mol. The second-order valence-electron chi connectivity index (χ2n) is 5.34. The lowest BCUT2D eigenvalue weighted by Gasteiger charge is -2.38. The maximum Gasteiger partial charge on any atom is 0.254 e. The van der Waals surface area contributed by atoms with Crippen LogP contribution in [0.1, 0.15) is 24.2 Å². The highest BCUT2D eigenvalue weighted by molar-refractivity contribution is 5.95. The molecule has 6 heteroatoms. The van der Waals surface area contributed by atoms with E-state index in [1.165, 1.54) is 0 Å². The first-order valence-corrected chi connectivity index (χ1v) is 7.11. The Morgan fingerprint density at radius 3 is 2.71 bits per heavy atom. The van der Waals surface area contributed by atoms with Crippen molar-refractivity contribution in [2.24, 2.45) is 0 Å². The summed E-state index contributed by atoms with van der Waals surface area (Å²) >= 11 is 0. The van der Waals surface area contributed by atoms with Crippen LogP contribution in [0, 0.1) is 0 Å². The van der Waals surface area contributed by atoms with Gasteiger partial charge in [0.2, 0.25) is 0 Å². The maximum atomic E-state index is 12.6. The molecule has 0 saturated carbocycles. The van der Waals surface area contributed by atoms with Gasteiger partial charge in [0.15, 0.2) is 11.5 Å². The average Bonchev–Trinajstić information content (AvgIpc) is 2.49. The van der Waals surface area contributed by atoms with Crippen LogP contribution in [0.3, 0.4) is 0 Å². The lowest BCUT2D eigenvalue weighted by molar-refractivity contribution is 0.0602. The third-order valence-corrected chi connectivity index (χ3v) is 4.08. The van der Waals surface area contributed by atoms with Crippen LogP contribution < -0.4 is 14.8 Å². The number of carbonyl (C=O) groups excluding carboxylic acids is 1. The summed E-state index contributed by atoms with van der Waals surface area (Å²) in [6.45, 7) is 6.85. The van der Waals surface area contributed by atoms with Crippen LogP contribution in [0.5, 0.6) is 11.5 Å². The van der Waals surface area contributed by atoms with E-state index in [1.807, 2.05) is 17.0 Å². The number of ether oxygens (including phenoxy) is 2. The van der Waals surface area contributed by atoms with Gasteiger partial charge in [-0.25, -0.2) is 0 Å². The van der Waals surface area contributed by atoms with E-state index in [1.54, 1.807) is 6.07 Å². The summed E-state index contributed by atoms with van der Waals surface area (Å²) in [7, 11) is 0. The van der Waals surface area contributed by atoms with Crippen molar-refractivity contribution in [3.8, 4) is 11.5 Å². The molecule has 0 spiro atoms. The molecule has 116 valence electrons. The molecular weight excluding hydrogens is 292 g/mol. The number of benzene rings is 1. The third-order valence-electron chi connectivity index (χ3n) is 4.08. The molecule has 0 aliphatic carbocycles. The Bertz CT molecular complexity index is 524. The highest BCUT2D eigenvalue weighted by Crippen LogP contribution is 2.31. The monoisotopic (exact) mass is 312 g/mol. The number of nitrogens with zero attached hydrogens (tertiary/aromatic N) is 1.